The normalized spacial score (nSPS) is 17.1. The van der Waals surface area contributed by atoms with Gasteiger partial charge in [0.05, 0.1) is 11.6 Å². The van der Waals surface area contributed by atoms with Crippen LogP contribution in [0.15, 0.2) is 83.0 Å². The van der Waals surface area contributed by atoms with E-state index in [2.05, 4.69) is 15.2 Å². The van der Waals surface area contributed by atoms with E-state index in [9.17, 15) is 14.7 Å². The van der Waals surface area contributed by atoms with Gasteiger partial charge in [-0.3, -0.25) is 19.5 Å². The van der Waals surface area contributed by atoms with Crippen LogP contribution < -0.4 is 4.90 Å². The van der Waals surface area contributed by atoms with E-state index in [1.165, 1.54) is 40.4 Å². The number of rotatable bonds is 6. The van der Waals surface area contributed by atoms with Crippen LogP contribution in [0.2, 0.25) is 10.0 Å². The number of hydrogen-bond donors (Lipinski definition) is 1. The number of halogens is 2. The Labute approximate surface area is 224 Å². The van der Waals surface area contributed by atoms with Crippen LogP contribution in [-0.2, 0) is 15.3 Å². The summed E-state index contributed by atoms with van der Waals surface area (Å²) in [4.78, 5) is 31.6. The van der Waals surface area contributed by atoms with Crippen molar-refractivity contribution in [2.75, 3.05) is 4.90 Å². The number of amides is 1. The number of benzene rings is 2. The summed E-state index contributed by atoms with van der Waals surface area (Å²) in [5, 5.41) is 20.8. The fourth-order valence-corrected chi connectivity index (χ4v) is 6.21. The van der Waals surface area contributed by atoms with E-state index in [1.54, 1.807) is 48.5 Å². The molecule has 2 aromatic carbocycles. The van der Waals surface area contributed by atoms with Crippen molar-refractivity contribution in [1.29, 1.82) is 0 Å². The summed E-state index contributed by atoms with van der Waals surface area (Å²) < 4.78 is 0.596. The lowest BCUT2D eigenvalue weighted by molar-refractivity contribution is -0.132. The van der Waals surface area contributed by atoms with Crippen LogP contribution in [0, 0.1) is 0 Å². The number of aliphatic hydroxyl groups is 1. The van der Waals surface area contributed by atoms with Crippen LogP contribution in [-0.4, -0.2) is 32.0 Å². The van der Waals surface area contributed by atoms with Crippen LogP contribution in [0.5, 0.6) is 0 Å². The molecular formula is C25H16Cl2N4O3S2. The SMILES string of the molecule is O=C1C(=O)N(c2nnc(SCc3ccc(Cl)cc3Cl)s2)C(c2ccccc2)/C1=C(\O)c1ccncc1. The Morgan fingerprint density at radius 3 is 2.50 bits per heavy atom. The van der Waals surface area contributed by atoms with Crippen LogP contribution in [0.25, 0.3) is 5.76 Å². The van der Waals surface area contributed by atoms with Gasteiger partial charge in [0.25, 0.3) is 5.78 Å². The number of pyridine rings is 1. The van der Waals surface area contributed by atoms with Gasteiger partial charge in [-0.2, -0.15) is 0 Å². The second-order valence-electron chi connectivity index (χ2n) is 7.69. The van der Waals surface area contributed by atoms with Gasteiger partial charge in [0.1, 0.15) is 5.76 Å². The zero-order chi connectivity index (χ0) is 25.2. The number of nitrogens with zero attached hydrogens (tertiary/aromatic N) is 4. The summed E-state index contributed by atoms with van der Waals surface area (Å²) in [6.07, 6.45) is 3.01. The number of Topliss-reactive ketones (excluding diaryl/α,β-unsaturated/α-hetero) is 1. The lowest BCUT2D eigenvalue weighted by atomic mass is 9.96. The Bertz CT molecular complexity index is 1480. The van der Waals surface area contributed by atoms with E-state index in [0.717, 1.165) is 5.56 Å². The number of carbonyl (C=O) groups excluding carboxylic acids is 2. The minimum atomic E-state index is -0.865. The van der Waals surface area contributed by atoms with Crippen LogP contribution >= 0.6 is 46.3 Å². The molecule has 4 aromatic rings. The molecule has 0 saturated carbocycles. The van der Waals surface area contributed by atoms with Crippen molar-refractivity contribution in [3.8, 4) is 0 Å². The molecule has 11 heteroatoms. The zero-order valence-electron chi connectivity index (χ0n) is 18.3. The molecule has 1 unspecified atom stereocenters. The van der Waals surface area contributed by atoms with Gasteiger partial charge in [0.2, 0.25) is 5.13 Å². The average molecular weight is 555 g/mol. The summed E-state index contributed by atoms with van der Waals surface area (Å²) in [6.45, 7) is 0. The van der Waals surface area contributed by atoms with Crippen LogP contribution in [0.4, 0.5) is 5.13 Å². The molecule has 1 aliphatic heterocycles. The van der Waals surface area contributed by atoms with E-state index in [0.29, 0.717) is 31.3 Å². The molecule has 0 radical (unpaired) electrons. The van der Waals surface area contributed by atoms with Gasteiger partial charge >= 0.3 is 5.91 Å². The van der Waals surface area contributed by atoms with E-state index < -0.39 is 17.7 Å². The van der Waals surface area contributed by atoms with Gasteiger partial charge in [-0.15, -0.1) is 10.2 Å². The van der Waals surface area contributed by atoms with E-state index >= 15 is 0 Å². The third-order valence-corrected chi connectivity index (χ3v) is 8.17. The van der Waals surface area contributed by atoms with Crippen molar-refractivity contribution in [3.63, 3.8) is 0 Å². The number of carbonyl (C=O) groups is 2. The van der Waals surface area contributed by atoms with Crippen molar-refractivity contribution in [3.05, 3.63) is 105 Å². The molecule has 7 nitrogen and oxygen atoms in total. The number of anilines is 1. The predicted octanol–water partition coefficient (Wildman–Crippen LogP) is 6.16. The summed E-state index contributed by atoms with van der Waals surface area (Å²) in [7, 11) is 0. The molecule has 1 fully saturated rings. The van der Waals surface area contributed by atoms with Gasteiger partial charge < -0.3 is 5.11 Å². The van der Waals surface area contributed by atoms with Crippen molar-refractivity contribution in [2.45, 2.75) is 16.1 Å². The highest BCUT2D eigenvalue weighted by Crippen LogP contribution is 2.44. The molecule has 1 amide bonds. The second kappa shape index (κ2) is 10.4. The molecule has 0 aliphatic carbocycles. The van der Waals surface area contributed by atoms with Gasteiger partial charge in [-0.05, 0) is 35.4 Å². The summed E-state index contributed by atoms with van der Waals surface area (Å²) in [6, 6.07) is 16.6. The van der Waals surface area contributed by atoms with Crippen molar-refractivity contribution < 1.29 is 14.7 Å². The maximum absolute atomic E-state index is 13.2. The molecule has 0 bridgehead atoms. The number of aromatic nitrogens is 3. The maximum Gasteiger partial charge on any atom is 0.301 e. The molecule has 5 rings (SSSR count). The number of aliphatic hydroxyl groups excluding tert-OH is 1. The Morgan fingerprint density at radius 1 is 1.03 bits per heavy atom. The highest BCUT2D eigenvalue weighted by atomic mass is 35.5. The monoisotopic (exact) mass is 554 g/mol. The Morgan fingerprint density at radius 2 is 1.78 bits per heavy atom. The minimum Gasteiger partial charge on any atom is -0.507 e. The van der Waals surface area contributed by atoms with E-state index in [-0.39, 0.29) is 16.5 Å². The van der Waals surface area contributed by atoms with Gasteiger partial charge in [-0.25, -0.2) is 0 Å². The van der Waals surface area contributed by atoms with Gasteiger partial charge in [0, 0.05) is 33.8 Å². The molecule has 1 N–H and O–H groups in total. The molecular weight excluding hydrogens is 539 g/mol. The highest BCUT2D eigenvalue weighted by molar-refractivity contribution is 8.00. The minimum absolute atomic E-state index is 0.0188. The molecule has 180 valence electrons. The molecule has 36 heavy (non-hydrogen) atoms. The second-order valence-corrected chi connectivity index (χ2v) is 10.7. The fourth-order valence-electron chi connectivity index (χ4n) is 3.78. The highest BCUT2D eigenvalue weighted by Gasteiger charge is 2.48. The van der Waals surface area contributed by atoms with E-state index in [1.807, 2.05) is 12.1 Å². The first-order valence-electron chi connectivity index (χ1n) is 10.6. The quantitative estimate of drug-likeness (QED) is 0.100. The smallest absolute Gasteiger partial charge is 0.301 e. The fraction of sp³-hybridized carbons (Fsp3) is 0.0800. The summed E-state index contributed by atoms with van der Waals surface area (Å²) in [5.41, 5.74) is 1.90. The number of ketones is 1. The van der Waals surface area contributed by atoms with Gasteiger partial charge in [-0.1, -0.05) is 82.7 Å². The molecule has 0 spiro atoms. The topological polar surface area (TPSA) is 96.3 Å². The Balaban J connectivity index is 1.51. The first kappa shape index (κ1) is 24.5. The lowest BCUT2D eigenvalue weighted by Gasteiger charge is -2.22. The largest absolute Gasteiger partial charge is 0.507 e. The van der Waals surface area contributed by atoms with Crippen molar-refractivity contribution in [1.82, 2.24) is 15.2 Å². The number of hydrogen-bond acceptors (Lipinski definition) is 8. The lowest BCUT2D eigenvalue weighted by Crippen LogP contribution is -2.29. The molecule has 1 atom stereocenters. The average Bonchev–Trinajstić information content (AvgIpc) is 3.46. The van der Waals surface area contributed by atoms with E-state index in [4.69, 9.17) is 23.2 Å². The summed E-state index contributed by atoms with van der Waals surface area (Å²) >= 11 is 14.8. The van der Waals surface area contributed by atoms with Gasteiger partial charge in [0.15, 0.2) is 4.34 Å². The van der Waals surface area contributed by atoms with Crippen LogP contribution in [0.1, 0.15) is 22.7 Å². The predicted molar refractivity (Wildman–Crippen MR) is 141 cm³/mol. The maximum atomic E-state index is 13.2. The van der Waals surface area contributed by atoms with Crippen molar-refractivity contribution >= 4 is 68.9 Å². The third-order valence-electron chi connectivity index (χ3n) is 5.48. The van der Waals surface area contributed by atoms with Crippen LogP contribution in [0.3, 0.4) is 0 Å². The third kappa shape index (κ3) is 4.75. The standard InChI is InChI=1S/C25H16Cl2N4O3S2/c26-17-7-6-16(18(27)12-17)13-35-25-30-29-24(36-25)31-20(14-4-2-1-3-5-14)19(22(33)23(31)34)21(32)15-8-10-28-11-9-15/h1-12,20,32H,13H2/b21-19+. The van der Waals surface area contributed by atoms with Crippen molar-refractivity contribution in [2.24, 2.45) is 0 Å². The first-order valence-corrected chi connectivity index (χ1v) is 13.2. The Kier molecular flexibility index (Phi) is 7.06. The molecule has 1 saturated heterocycles. The zero-order valence-corrected chi connectivity index (χ0v) is 21.5. The Hall–Kier alpha value is -3.24. The summed E-state index contributed by atoms with van der Waals surface area (Å²) in [5.74, 6) is -1.33. The number of thioether (sulfide) groups is 1. The first-order chi connectivity index (χ1) is 17.4. The molecule has 2 aromatic heterocycles. The molecule has 3 heterocycles. The molecule has 1 aliphatic rings.